The molecule has 1 saturated carbocycles. The van der Waals surface area contributed by atoms with Gasteiger partial charge >= 0.3 is 0 Å². The first kappa shape index (κ1) is 47.2. The maximum atomic E-state index is 2.79. The summed E-state index contributed by atoms with van der Waals surface area (Å²) >= 11 is 1.91. The van der Waals surface area contributed by atoms with Gasteiger partial charge in [-0.15, -0.1) is 11.3 Å². The summed E-state index contributed by atoms with van der Waals surface area (Å²) in [5.41, 5.74) is 23.4. The fraction of sp³-hybridized carbons (Fsp3) is 0.304. The highest BCUT2D eigenvalue weighted by Crippen LogP contribution is 2.62. The Hall–Kier alpha value is -6.56. The third-order valence-corrected chi connectivity index (χ3v) is 19.2. The van der Waals surface area contributed by atoms with Crippen molar-refractivity contribution in [3.63, 3.8) is 0 Å². The SMILES string of the molecule is Cc1cc2c3c(c1)N(c1ccc(C(C)(C)C)cc1-c1ccccc1)c1ccc(C(C)(C)C)cc1B3c1ccc(N3c4ccc(C(C)(C)C)cc4C4(C)CCCCC34C)cc1N2c1ccc2c(c1)sc1ccccc12. The van der Waals surface area contributed by atoms with E-state index < -0.39 is 0 Å². The van der Waals surface area contributed by atoms with E-state index in [9.17, 15) is 0 Å². The Kier molecular flexibility index (Phi) is 10.3. The molecule has 3 nitrogen and oxygen atoms in total. The Bertz CT molecular complexity index is 3770. The van der Waals surface area contributed by atoms with Gasteiger partial charge in [0, 0.05) is 71.0 Å². The van der Waals surface area contributed by atoms with Crippen molar-refractivity contribution in [2.24, 2.45) is 0 Å². The number of nitrogens with zero attached hydrogens (tertiary/aromatic N) is 3. The summed E-state index contributed by atoms with van der Waals surface area (Å²) in [5.74, 6) is 0. The van der Waals surface area contributed by atoms with Crippen LogP contribution >= 0.6 is 11.3 Å². The number of thiophene rings is 1. The zero-order chi connectivity index (χ0) is 51.4. The van der Waals surface area contributed by atoms with Crippen LogP contribution in [0.5, 0.6) is 0 Å². The highest BCUT2D eigenvalue weighted by molar-refractivity contribution is 7.25. The molecule has 0 radical (unpaired) electrons. The average molecular weight is 984 g/mol. The van der Waals surface area contributed by atoms with Crippen LogP contribution in [0.2, 0.25) is 0 Å². The molecule has 0 N–H and O–H groups in total. The smallest absolute Gasteiger partial charge is 0.252 e. The van der Waals surface area contributed by atoms with Gasteiger partial charge in [0.2, 0.25) is 0 Å². The van der Waals surface area contributed by atoms with Gasteiger partial charge < -0.3 is 14.7 Å². The zero-order valence-electron chi connectivity index (χ0n) is 45.7. The van der Waals surface area contributed by atoms with Crippen LogP contribution in [0.3, 0.4) is 0 Å². The minimum atomic E-state index is -0.0893. The number of fused-ring (bicyclic) bond motifs is 10. The molecule has 370 valence electrons. The lowest BCUT2D eigenvalue weighted by Gasteiger charge is -2.50. The minimum Gasteiger partial charge on any atom is -0.334 e. The van der Waals surface area contributed by atoms with Crippen LogP contribution < -0.4 is 31.1 Å². The fourth-order valence-electron chi connectivity index (χ4n) is 13.8. The van der Waals surface area contributed by atoms with E-state index >= 15 is 0 Å². The molecular formula is C69H70BN3S. The number of aryl methyl sites for hydroxylation is 1. The van der Waals surface area contributed by atoms with Gasteiger partial charge in [-0.3, -0.25) is 0 Å². The Morgan fingerprint density at radius 2 is 1.08 bits per heavy atom. The molecule has 1 fully saturated rings. The Balaban J connectivity index is 1.10. The van der Waals surface area contributed by atoms with Gasteiger partial charge in [-0.05, 0) is 159 Å². The van der Waals surface area contributed by atoms with Crippen molar-refractivity contribution in [2.45, 2.75) is 136 Å². The van der Waals surface area contributed by atoms with Crippen LogP contribution in [0.25, 0.3) is 31.3 Å². The van der Waals surface area contributed by atoms with Crippen LogP contribution in [0, 0.1) is 6.92 Å². The molecule has 0 bridgehead atoms. The number of benzene rings is 8. The van der Waals surface area contributed by atoms with Crippen molar-refractivity contribution in [3.8, 4) is 11.1 Å². The molecule has 5 heteroatoms. The predicted molar refractivity (Wildman–Crippen MR) is 322 cm³/mol. The summed E-state index contributed by atoms with van der Waals surface area (Å²) in [7, 11) is 0. The maximum Gasteiger partial charge on any atom is 0.252 e. The van der Waals surface area contributed by atoms with Gasteiger partial charge in [0.05, 0.1) is 11.2 Å². The van der Waals surface area contributed by atoms with Crippen LogP contribution in [0.4, 0.5) is 45.5 Å². The molecule has 0 saturated heterocycles. The molecule has 0 amide bonds. The molecule has 1 aromatic heterocycles. The van der Waals surface area contributed by atoms with Crippen molar-refractivity contribution >= 4 is 100 Å². The Labute approximate surface area is 445 Å². The molecule has 4 heterocycles. The van der Waals surface area contributed by atoms with E-state index in [-0.39, 0.29) is 33.9 Å². The van der Waals surface area contributed by atoms with Crippen molar-refractivity contribution in [3.05, 3.63) is 186 Å². The van der Waals surface area contributed by atoms with E-state index in [1.165, 1.54) is 140 Å². The van der Waals surface area contributed by atoms with E-state index in [2.05, 4.69) is 256 Å². The molecular weight excluding hydrogens is 914 g/mol. The lowest BCUT2D eigenvalue weighted by molar-refractivity contribution is 0.195. The number of hydrogen-bond acceptors (Lipinski definition) is 4. The van der Waals surface area contributed by atoms with E-state index in [0.29, 0.717) is 0 Å². The lowest BCUT2D eigenvalue weighted by Crippen LogP contribution is -2.61. The quantitative estimate of drug-likeness (QED) is 0.163. The number of anilines is 8. The van der Waals surface area contributed by atoms with Crippen LogP contribution in [-0.2, 0) is 21.7 Å². The Morgan fingerprint density at radius 1 is 0.473 bits per heavy atom. The first-order chi connectivity index (χ1) is 35.2. The van der Waals surface area contributed by atoms with E-state index in [0.717, 1.165) is 6.42 Å². The highest BCUT2D eigenvalue weighted by Gasteiger charge is 2.58. The number of hydrogen-bond donors (Lipinski definition) is 0. The molecule has 2 unspecified atom stereocenters. The highest BCUT2D eigenvalue weighted by atomic mass is 32.1. The van der Waals surface area contributed by atoms with Crippen LogP contribution in [0.15, 0.2) is 158 Å². The number of rotatable bonds is 4. The topological polar surface area (TPSA) is 9.72 Å². The second-order valence-corrected chi connectivity index (χ2v) is 26.9. The maximum absolute atomic E-state index is 2.79. The fourth-order valence-corrected chi connectivity index (χ4v) is 14.9. The van der Waals surface area contributed by atoms with Crippen molar-refractivity contribution < 1.29 is 0 Å². The monoisotopic (exact) mass is 984 g/mol. The van der Waals surface area contributed by atoms with Crippen molar-refractivity contribution in [1.82, 2.24) is 0 Å². The third-order valence-electron chi connectivity index (χ3n) is 18.1. The van der Waals surface area contributed by atoms with Gasteiger partial charge in [-0.1, -0.05) is 173 Å². The predicted octanol–water partition coefficient (Wildman–Crippen LogP) is 17.7. The normalized spacial score (nSPS) is 19.1. The average Bonchev–Trinajstić information content (AvgIpc) is 3.88. The first-order valence-electron chi connectivity index (χ1n) is 27.3. The summed E-state index contributed by atoms with van der Waals surface area (Å²) in [6.45, 7) is 28.6. The second kappa shape index (κ2) is 16.2. The van der Waals surface area contributed by atoms with Crippen molar-refractivity contribution in [1.29, 1.82) is 0 Å². The zero-order valence-corrected chi connectivity index (χ0v) is 46.5. The molecule has 9 aromatic rings. The largest absolute Gasteiger partial charge is 0.334 e. The molecule has 8 aromatic carbocycles. The van der Waals surface area contributed by atoms with E-state index in [4.69, 9.17) is 0 Å². The molecule has 2 atom stereocenters. The summed E-state index contributed by atoms with van der Waals surface area (Å²) in [4.78, 5) is 8.08. The standard InChI is InChI=1S/C69H70BN3S/c1-43-36-60-64-61(37-43)72(56-31-24-45(65(2,3)4)38-52(56)44-20-14-13-15-21-44)58-33-26-47(67(8,9)10)40-55(58)70(64)54-30-28-49(41-59(54)71(60)48-27-29-51-50-22-16-17-23-62(50)74-63(51)42-48)73-57-32-25-46(66(5,6)7)39-53(57)68(11)34-18-19-35-69(68,73)12/h13-17,20-33,36-42H,18-19,34-35H2,1-12H3. The van der Waals surface area contributed by atoms with Gasteiger partial charge in [-0.25, -0.2) is 0 Å². The second-order valence-electron chi connectivity index (χ2n) is 25.8. The molecule has 13 rings (SSSR count). The molecule has 74 heavy (non-hydrogen) atoms. The lowest BCUT2D eigenvalue weighted by atomic mass is 9.33. The van der Waals surface area contributed by atoms with Gasteiger partial charge in [-0.2, -0.15) is 0 Å². The van der Waals surface area contributed by atoms with Crippen molar-refractivity contribution in [2.75, 3.05) is 14.7 Å². The molecule has 4 aliphatic rings. The third kappa shape index (κ3) is 6.97. The summed E-state index contributed by atoms with van der Waals surface area (Å²) in [5, 5.41) is 2.65. The molecule has 3 aliphatic heterocycles. The van der Waals surface area contributed by atoms with E-state index in [1.54, 1.807) is 0 Å². The minimum absolute atomic E-state index is 0.00716. The Morgan fingerprint density at radius 3 is 1.81 bits per heavy atom. The first-order valence-corrected chi connectivity index (χ1v) is 28.1. The van der Waals surface area contributed by atoms with E-state index in [1.807, 2.05) is 11.3 Å². The molecule has 0 spiro atoms. The van der Waals surface area contributed by atoms with Crippen LogP contribution in [0.1, 0.15) is 130 Å². The summed E-state index contributed by atoms with van der Waals surface area (Å²) in [6.07, 6.45) is 4.85. The van der Waals surface area contributed by atoms with Gasteiger partial charge in [0.25, 0.3) is 6.71 Å². The van der Waals surface area contributed by atoms with Crippen LogP contribution in [-0.4, -0.2) is 12.3 Å². The van der Waals surface area contributed by atoms with Gasteiger partial charge in [0.15, 0.2) is 0 Å². The summed E-state index contributed by atoms with van der Waals surface area (Å²) < 4.78 is 2.64. The van der Waals surface area contributed by atoms with Gasteiger partial charge in [0.1, 0.15) is 0 Å². The summed E-state index contributed by atoms with van der Waals surface area (Å²) in [6, 6.07) is 62.0. The molecule has 1 aliphatic carbocycles.